The second-order valence-electron chi connectivity index (χ2n) is 7.50. The number of carbonyl (C=O) groups is 1. The van der Waals surface area contributed by atoms with Crippen LogP contribution in [0.5, 0.6) is 0 Å². The number of ether oxygens (including phenoxy) is 1. The fraction of sp³-hybridized carbons (Fsp3) is 0.611. The van der Waals surface area contributed by atoms with Crippen LogP contribution in [-0.2, 0) is 15.7 Å². The molecule has 0 bridgehead atoms. The number of nitrogen functional groups attached to an aromatic ring is 1. The van der Waals surface area contributed by atoms with Crippen LogP contribution in [0.25, 0.3) is 0 Å². The Labute approximate surface area is 146 Å². The number of carbonyl (C=O) groups excluding carboxylic acids is 1. The zero-order chi connectivity index (χ0) is 18.8. The molecule has 0 saturated carbocycles. The van der Waals surface area contributed by atoms with Crippen molar-refractivity contribution in [3.63, 3.8) is 0 Å². The molecule has 7 heteroatoms. The summed E-state index contributed by atoms with van der Waals surface area (Å²) in [6.07, 6.45) is -2.83. The molecule has 1 fully saturated rings. The van der Waals surface area contributed by atoms with Crippen molar-refractivity contribution in [3.8, 4) is 0 Å². The van der Waals surface area contributed by atoms with E-state index in [4.69, 9.17) is 10.5 Å². The van der Waals surface area contributed by atoms with Crippen molar-refractivity contribution >= 4 is 17.3 Å². The molecule has 0 radical (unpaired) electrons. The molecule has 0 atom stereocenters. The second-order valence-corrected chi connectivity index (χ2v) is 7.50. The third-order valence-corrected chi connectivity index (χ3v) is 4.16. The van der Waals surface area contributed by atoms with Crippen LogP contribution in [-0.4, -0.2) is 24.7 Å². The van der Waals surface area contributed by atoms with Crippen LogP contribution in [0.2, 0.25) is 0 Å². The Morgan fingerprint density at radius 1 is 1.24 bits per heavy atom. The van der Waals surface area contributed by atoms with Crippen LogP contribution in [0.4, 0.5) is 24.5 Å². The molecule has 0 unspecified atom stereocenters. The number of rotatable bonds is 3. The van der Waals surface area contributed by atoms with E-state index in [1.807, 2.05) is 20.8 Å². The number of hydrogen-bond donors (Lipinski definition) is 1. The zero-order valence-electron chi connectivity index (χ0n) is 14.8. The monoisotopic (exact) mass is 358 g/mol. The summed E-state index contributed by atoms with van der Waals surface area (Å²) in [5.41, 5.74) is 4.52. The quantitative estimate of drug-likeness (QED) is 0.649. The molecule has 0 spiro atoms. The molecule has 1 aromatic rings. The van der Waals surface area contributed by atoms with Gasteiger partial charge in [0.25, 0.3) is 0 Å². The van der Waals surface area contributed by atoms with Crippen LogP contribution >= 0.6 is 0 Å². The van der Waals surface area contributed by atoms with Gasteiger partial charge in [0.15, 0.2) is 0 Å². The van der Waals surface area contributed by atoms with Gasteiger partial charge in [0.05, 0.1) is 5.56 Å². The predicted octanol–water partition coefficient (Wildman–Crippen LogP) is 4.24. The summed E-state index contributed by atoms with van der Waals surface area (Å²) in [6.45, 7) is 6.38. The number of nitrogens with two attached hydrogens (primary N) is 1. The second kappa shape index (κ2) is 7.14. The lowest BCUT2D eigenvalue weighted by molar-refractivity contribution is -0.156. The van der Waals surface area contributed by atoms with E-state index >= 15 is 0 Å². The Morgan fingerprint density at radius 3 is 2.36 bits per heavy atom. The van der Waals surface area contributed by atoms with Crippen molar-refractivity contribution < 1.29 is 22.7 Å². The minimum atomic E-state index is -4.45. The fourth-order valence-electron chi connectivity index (χ4n) is 3.05. The number of nitrogens with zero attached hydrogens (tertiary/aromatic N) is 1. The van der Waals surface area contributed by atoms with E-state index in [0.29, 0.717) is 32.4 Å². The summed E-state index contributed by atoms with van der Waals surface area (Å²) in [5.74, 6) is -0.122. The summed E-state index contributed by atoms with van der Waals surface area (Å²) in [7, 11) is 0. The fourth-order valence-corrected chi connectivity index (χ4v) is 3.05. The van der Waals surface area contributed by atoms with Crippen molar-refractivity contribution in [2.75, 3.05) is 23.7 Å². The highest BCUT2D eigenvalue weighted by Crippen LogP contribution is 2.39. The first-order valence-corrected chi connectivity index (χ1v) is 8.39. The molecule has 0 aromatic heterocycles. The standard InChI is InChI=1S/C18H25F3N2O2/c1-17(2,3)25-16(24)10-12-6-8-23(9-7-12)15-5-4-13(22)11-14(15)18(19,20)21/h4-5,11-12H,6-10,22H2,1-3H3. The third-order valence-electron chi connectivity index (χ3n) is 4.16. The number of alkyl halides is 3. The van der Waals surface area contributed by atoms with Gasteiger partial charge in [-0.1, -0.05) is 0 Å². The first-order chi connectivity index (χ1) is 11.5. The summed E-state index contributed by atoms with van der Waals surface area (Å²) < 4.78 is 45.1. The third kappa shape index (κ3) is 5.54. The average Bonchev–Trinajstić information content (AvgIpc) is 2.45. The topological polar surface area (TPSA) is 55.6 Å². The Kier molecular flexibility index (Phi) is 5.54. The number of benzene rings is 1. The molecule has 1 aliphatic rings. The summed E-state index contributed by atoms with van der Waals surface area (Å²) in [6, 6.07) is 3.88. The smallest absolute Gasteiger partial charge is 0.418 e. The SMILES string of the molecule is CC(C)(C)OC(=O)CC1CCN(c2ccc(N)cc2C(F)(F)F)CC1. The lowest BCUT2D eigenvalue weighted by Crippen LogP contribution is -2.36. The number of piperidine rings is 1. The maximum Gasteiger partial charge on any atom is 0.418 e. The van der Waals surface area contributed by atoms with E-state index < -0.39 is 17.3 Å². The molecule has 0 amide bonds. The lowest BCUT2D eigenvalue weighted by Gasteiger charge is -2.35. The molecule has 2 rings (SSSR count). The Morgan fingerprint density at radius 2 is 1.84 bits per heavy atom. The lowest BCUT2D eigenvalue weighted by atomic mass is 9.92. The molecule has 1 aliphatic heterocycles. The molecule has 1 aromatic carbocycles. The normalized spacial score (nSPS) is 16.8. The van der Waals surface area contributed by atoms with E-state index in [1.54, 1.807) is 4.90 Å². The van der Waals surface area contributed by atoms with Gasteiger partial charge in [0.2, 0.25) is 0 Å². The highest BCUT2D eigenvalue weighted by atomic mass is 19.4. The minimum absolute atomic E-state index is 0.0934. The Bertz CT molecular complexity index is 616. The molecular weight excluding hydrogens is 333 g/mol. The Hall–Kier alpha value is -1.92. The molecular formula is C18H25F3N2O2. The van der Waals surface area contributed by atoms with E-state index in [1.165, 1.54) is 12.1 Å². The van der Waals surface area contributed by atoms with Gasteiger partial charge in [-0.2, -0.15) is 13.2 Å². The highest BCUT2D eigenvalue weighted by molar-refractivity contribution is 5.70. The van der Waals surface area contributed by atoms with Gasteiger partial charge in [-0.3, -0.25) is 4.79 Å². The van der Waals surface area contributed by atoms with Gasteiger partial charge in [-0.05, 0) is 57.7 Å². The highest BCUT2D eigenvalue weighted by Gasteiger charge is 2.36. The maximum absolute atomic E-state index is 13.2. The molecule has 1 saturated heterocycles. The van der Waals surface area contributed by atoms with Gasteiger partial charge >= 0.3 is 12.1 Å². The summed E-state index contributed by atoms with van der Waals surface area (Å²) in [4.78, 5) is 13.6. The van der Waals surface area contributed by atoms with Gasteiger partial charge in [-0.15, -0.1) is 0 Å². The van der Waals surface area contributed by atoms with Crippen LogP contribution in [0.15, 0.2) is 18.2 Å². The molecule has 1 heterocycles. The minimum Gasteiger partial charge on any atom is -0.460 e. The van der Waals surface area contributed by atoms with Crippen LogP contribution in [0, 0.1) is 5.92 Å². The van der Waals surface area contributed by atoms with Gasteiger partial charge in [0.1, 0.15) is 5.60 Å². The average molecular weight is 358 g/mol. The number of halogens is 3. The van der Waals surface area contributed by atoms with Crippen LogP contribution < -0.4 is 10.6 Å². The zero-order valence-corrected chi connectivity index (χ0v) is 14.8. The largest absolute Gasteiger partial charge is 0.460 e. The first kappa shape index (κ1) is 19.4. The van der Waals surface area contributed by atoms with E-state index in [-0.39, 0.29) is 23.3 Å². The van der Waals surface area contributed by atoms with Crippen molar-refractivity contribution in [1.29, 1.82) is 0 Å². The van der Waals surface area contributed by atoms with E-state index in [2.05, 4.69) is 0 Å². The molecule has 4 nitrogen and oxygen atoms in total. The molecule has 140 valence electrons. The van der Waals surface area contributed by atoms with Crippen molar-refractivity contribution in [1.82, 2.24) is 0 Å². The Balaban J connectivity index is 2.00. The first-order valence-electron chi connectivity index (χ1n) is 8.39. The van der Waals surface area contributed by atoms with Crippen molar-refractivity contribution in [2.24, 2.45) is 5.92 Å². The van der Waals surface area contributed by atoms with Crippen LogP contribution in [0.1, 0.15) is 45.6 Å². The van der Waals surface area contributed by atoms with E-state index in [9.17, 15) is 18.0 Å². The van der Waals surface area contributed by atoms with Gasteiger partial charge in [-0.25, -0.2) is 0 Å². The van der Waals surface area contributed by atoms with Gasteiger partial charge in [0, 0.05) is 30.9 Å². The number of anilines is 2. The maximum atomic E-state index is 13.2. The molecule has 0 aliphatic carbocycles. The number of hydrogen-bond acceptors (Lipinski definition) is 4. The molecule has 2 N–H and O–H groups in total. The van der Waals surface area contributed by atoms with E-state index in [0.717, 1.165) is 6.07 Å². The van der Waals surface area contributed by atoms with Gasteiger partial charge < -0.3 is 15.4 Å². The predicted molar refractivity (Wildman–Crippen MR) is 91.3 cm³/mol. The molecule has 25 heavy (non-hydrogen) atoms. The van der Waals surface area contributed by atoms with Crippen molar-refractivity contribution in [3.05, 3.63) is 23.8 Å². The summed E-state index contributed by atoms with van der Waals surface area (Å²) >= 11 is 0. The number of esters is 1. The van der Waals surface area contributed by atoms with Crippen LogP contribution in [0.3, 0.4) is 0 Å². The van der Waals surface area contributed by atoms with Crippen molar-refractivity contribution in [2.45, 2.75) is 51.8 Å². The summed E-state index contributed by atoms with van der Waals surface area (Å²) in [5, 5.41) is 0.